The van der Waals surface area contributed by atoms with Gasteiger partial charge in [-0.15, -0.1) is 0 Å². The second-order valence-electron chi connectivity index (χ2n) is 4.66. The zero-order valence-electron chi connectivity index (χ0n) is 11.9. The summed E-state index contributed by atoms with van der Waals surface area (Å²) < 4.78 is 5.55. The van der Waals surface area contributed by atoms with Crippen LogP contribution in [-0.2, 0) is 5.33 Å². The van der Waals surface area contributed by atoms with E-state index in [1.54, 1.807) is 12.1 Å². The highest BCUT2D eigenvalue weighted by molar-refractivity contribution is 9.08. The highest BCUT2D eigenvalue weighted by Gasteiger charge is 2.07. The first-order chi connectivity index (χ1) is 10.2. The Kier molecular flexibility index (Phi) is 5.81. The summed E-state index contributed by atoms with van der Waals surface area (Å²) >= 11 is 3.41. The standard InChI is InChI=1S/C17H18BrNO2/c1-2-9-21-16-8-4-6-14(11-16)17(20)19-15-7-3-5-13(10-15)12-18/h3-8,10-11H,2,9,12H2,1H3,(H,19,20). The first-order valence-electron chi connectivity index (χ1n) is 6.92. The molecule has 4 heteroatoms. The number of hydrogen-bond donors (Lipinski definition) is 1. The van der Waals surface area contributed by atoms with Gasteiger partial charge in [-0.3, -0.25) is 4.79 Å². The van der Waals surface area contributed by atoms with E-state index < -0.39 is 0 Å². The van der Waals surface area contributed by atoms with E-state index in [2.05, 4.69) is 21.2 Å². The molecular weight excluding hydrogens is 330 g/mol. The summed E-state index contributed by atoms with van der Waals surface area (Å²) in [5.41, 5.74) is 2.50. The van der Waals surface area contributed by atoms with E-state index in [1.165, 1.54) is 0 Å². The third-order valence-corrected chi connectivity index (χ3v) is 3.56. The molecule has 0 bridgehead atoms. The van der Waals surface area contributed by atoms with Crippen molar-refractivity contribution in [3.05, 3.63) is 59.7 Å². The number of benzene rings is 2. The molecule has 0 unspecified atom stereocenters. The van der Waals surface area contributed by atoms with Crippen molar-refractivity contribution in [2.75, 3.05) is 11.9 Å². The van der Waals surface area contributed by atoms with Gasteiger partial charge in [-0.05, 0) is 42.3 Å². The molecule has 0 aliphatic heterocycles. The Hall–Kier alpha value is -1.81. The topological polar surface area (TPSA) is 38.3 Å². The van der Waals surface area contributed by atoms with Gasteiger partial charge >= 0.3 is 0 Å². The number of alkyl halides is 1. The number of halogens is 1. The molecule has 2 rings (SSSR count). The third kappa shape index (κ3) is 4.60. The summed E-state index contributed by atoms with van der Waals surface area (Å²) in [7, 11) is 0. The predicted molar refractivity (Wildman–Crippen MR) is 89.3 cm³/mol. The summed E-state index contributed by atoms with van der Waals surface area (Å²) in [5, 5.41) is 3.66. The lowest BCUT2D eigenvalue weighted by molar-refractivity contribution is 0.102. The molecule has 0 heterocycles. The highest BCUT2D eigenvalue weighted by Crippen LogP contribution is 2.17. The number of amides is 1. The van der Waals surface area contributed by atoms with Gasteiger partial charge in [-0.25, -0.2) is 0 Å². The maximum absolute atomic E-state index is 12.3. The molecule has 1 N–H and O–H groups in total. The Balaban J connectivity index is 2.08. The molecule has 0 saturated heterocycles. The Bertz CT molecular complexity index is 613. The van der Waals surface area contributed by atoms with Gasteiger partial charge in [0.15, 0.2) is 0 Å². The Labute approximate surface area is 133 Å². The molecule has 3 nitrogen and oxygen atoms in total. The first kappa shape index (κ1) is 15.6. The quantitative estimate of drug-likeness (QED) is 0.774. The van der Waals surface area contributed by atoms with Crippen molar-refractivity contribution in [1.29, 1.82) is 0 Å². The molecule has 0 saturated carbocycles. The minimum absolute atomic E-state index is 0.135. The average molecular weight is 348 g/mol. The largest absolute Gasteiger partial charge is 0.494 e. The van der Waals surface area contributed by atoms with Crippen LogP contribution in [0.4, 0.5) is 5.69 Å². The summed E-state index contributed by atoms with van der Waals surface area (Å²) in [5.74, 6) is 0.586. The van der Waals surface area contributed by atoms with Crippen LogP contribution in [0, 0.1) is 0 Å². The zero-order valence-corrected chi connectivity index (χ0v) is 13.5. The van der Waals surface area contributed by atoms with Crippen LogP contribution in [0.1, 0.15) is 29.3 Å². The molecule has 0 atom stereocenters. The number of rotatable bonds is 6. The molecule has 110 valence electrons. The molecule has 0 aliphatic carbocycles. The average Bonchev–Trinajstić information content (AvgIpc) is 2.53. The van der Waals surface area contributed by atoms with Gasteiger partial charge < -0.3 is 10.1 Å². The normalized spacial score (nSPS) is 10.2. The molecule has 0 spiro atoms. The Morgan fingerprint density at radius 2 is 2.00 bits per heavy atom. The van der Waals surface area contributed by atoms with Crippen molar-refractivity contribution in [1.82, 2.24) is 0 Å². The number of hydrogen-bond acceptors (Lipinski definition) is 2. The van der Waals surface area contributed by atoms with E-state index in [4.69, 9.17) is 4.74 Å². The predicted octanol–water partition coefficient (Wildman–Crippen LogP) is 4.62. The van der Waals surface area contributed by atoms with Crippen molar-refractivity contribution in [3.8, 4) is 5.75 Å². The van der Waals surface area contributed by atoms with Crippen LogP contribution in [0.3, 0.4) is 0 Å². The van der Waals surface area contributed by atoms with Crippen LogP contribution < -0.4 is 10.1 Å². The van der Waals surface area contributed by atoms with Gasteiger partial charge in [0.05, 0.1) is 6.61 Å². The minimum Gasteiger partial charge on any atom is -0.494 e. The van der Waals surface area contributed by atoms with Crippen LogP contribution >= 0.6 is 15.9 Å². The monoisotopic (exact) mass is 347 g/mol. The fourth-order valence-electron chi connectivity index (χ4n) is 1.88. The Morgan fingerprint density at radius 3 is 2.76 bits per heavy atom. The van der Waals surface area contributed by atoms with E-state index in [1.807, 2.05) is 43.3 Å². The van der Waals surface area contributed by atoms with Gasteiger partial charge in [0.2, 0.25) is 0 Å². The summed E-state index contributed by atoms with van der Waals surface area (Å²) in [4.78, 5) is 12.3. The van der Waals surface area contributed by atoms with Gasteiger partial charge in [0.1, 0.15) is 5.75 Å². The fraction of sp³-hybridized carbons (Fsp3) is 0.235. The second-order valence-corrected chi connectivity index (χ2v) is 5.23. The van der Waals surface area contributed by atoms with E-state index in [-0.39, 0.29) is 5.91 Å². The summed E-state index contributed by atoms with van der Waals surface area (Å²) in [6, 6.07) is 15.0. The smallest absolute Gasteiger partial charge is 0.255 e. The van der Waals surface area contributed by atoms with Crippen molar-refractivity contribution in [2.24, 2.45) is 0 Å². The van der Waals surface area contributed by atoms with Crippen LogP contribution in [0.2, 0.25) is 0 Å². The molecule has 0 radical (unpaired) electrons. The molecule has 1 amide bonds. The van der Waals surface area contributed by atoms with Crippen LogP contribution in [0.25, 0.3) is 0 Å². The molecular formula is C17H18BrNO2. The summed E-state index contributed by atoms with van der Waals surface area (Å²) in [6.45, 7) is 2.70. The van der Waals surface area contributed by atoms with Crippen LogP contribution in [0.15, 0.2) is 48.5 Å². The van der Waals surface area contributed by atoms with Crippen LogP contribution in [0.5, 0.6) is 5.75 Å². The molecule has 0 aliphatic rings. The van der Waals surface area contributed by atoms with Gasteiger partial charge in [-0.2, -0.15) is 0 Å². The molecule has 21 heavy (non-hydrogen) atoms. The van der Waals surface area contributed by atoms with E-state index in [0.29, 0.717) is 12.2 Å². The lowest BCUT2D eigenvalue weighted by Gasteiger charge is -2.09. The number of anilines is 1. The van der Waals surface area contributed by atoms with Crippen molar-refractivity contribution in [3.63, 3.8) is 0 Å². The molecule has 2 aromatic rings. The Morgan fingerprint density at radius 1 is 1.19 bits per heavy atom. The number of carbonyl (C=O) groups excluding carboxylic acids is 1. The van der Waals surface area contributed by atoms with Gasteiger partial charge in [0.25, 0.3) is 5.91 Å². The molecule has 0 fully saturated rings. The number of carbonyl (C=O) groups is 1. The highest BCUT2D eigenvalue weighted by atomic mass is 79.9. The van der Waals surface area contributed by atoms with Crippen LogP contribution in [-0.4, -0.2) is 12.5 Å². The summed E-state index contributed by atoms with van der Waals surface area (Å²) in [6.07, 6.45) is 0.940. The van der Waals surface area contributed by atoms with Crippen molar-refractivity contribution >= 4 is 27.5 Å². The zero-order chi connectivity index (χ0) is 15.1. The first-order valence-corrected chi connectivity index (χ1v) is 8.04. The van der Waals surface area contributed by atoms with E-state index in [9.17, 15) is 4.79 Å². The second kappa shape index (κ2) is 7.84. The lowest BCUT2D eigenvalue weighted by atomic mass is 10.2. The third-order valence-electron chi connectivity index (χ3n) is 2.91. The van der Waals surface area contributed by atoms with Gasteiger partial charge in [-0.1, -0.05) is 41.1 Å². The maximum Gasteiger partial charge on any atom is 0.255 e. The fourth-order valence-corrected chi connectivity index (χ4v) is 2.23. The maximum atomic E-state index is 12.3. The lowest BCUT2D eigenvalue weighted by Crippen LogP contribution is -2.12. The van der Waals surface area contributed by atoms with Gasteiger partial charge in [0, 0.05) is 16.6 Å². The van der Waals surface area contributed by atoms with Crippen molar-refractivity contribution in [2.45, 2.75) is 18.7 Å². The van der Waals surface area contributed by atoms with Crippen molar-refractivity contribution < 1.29 is 9.53 Å². The minimum atomic E-state index is -0.135. The number of nitrogens with one attached hydrogen (secondary N) is 1. The SMILES string of the molecule is CCCOc1cccc(C(=O)Nc2cccc(CBr)c2)c1. The molecule has 0 aromatic heterocycles. The van der Waals surface area contributed by atoms with E-state index >= 15 is 0 Å². The van der Waals surface area contributed by atoms with E-state index in [0.717, 1.165) is 28.8 Å². The molecule has 2 aromatic carbocycles. The number of ether oxygens (including phenoxy) is 1.